The lowest BCUT2D eigenvalue weighted by molar-refractivity contribution is 0.669. The Bertz CT molecular complexity index is 3080. The van der Waals surface area contributed by atoms with Crippen molar-refractivity contribution in [2.24, 2.45) is 0 Å². The molecule has 0 unspecified atom stereocenters. The van der Waals surface area contributed by atoms with Gasteiger partial charge in [-0.2, -0.15) is 0 Å². The maximum Gasteiger partial charge on any atom is 0.135 e. The molecule has 0 saturated heterocycles. The molecule has 11 aromatic rings. The van der Waals surface area contributed by atoms with E-state index < -0.39 is 0 Å². The summed E-state index contributed by atoms with van der Waals surface area (Å²) in [6.45, 7) is 0. The minimum Gasteiger partial charge on any atom is -0.456 e. The Balaban J connectivity index is 1.21. The minimum atomic E-state index is 0.917. The Morgan fingerprint density at radius 1 is 0.404 bits per heavy atom. The molecule has 11 rings (SSSR count). The summed E-state index contributed by atoms with van der Waals surface area (Å²) in [7, 11) is 0. The highest BCUT2D eigenvalue weighted by atomic mass is 32.1. The Kier molecular flexibility index (Phi) is 5.02. The molecule has 0 aliphatic carbocycles. The molecule has 2 nitrogen and oxygen atoms in total. The summed E-state index contributed by atoms with van der Waals surface area (Å²) in [6, 6.07) is 55.3. The number of para-hydroxylation sites is 2. The quantitative estimate of drug-likeness (QED) is 0.177. The number of benzene rings is 8. The van der Waals surface area contributed by atoms with Crippen LogP contribution in [0.4, 0.5) is 0 Å². The van der Waals surface area contributed by atoms with Gasteiger partial charge >= 0.3 is 0 Å². The molecular weight excluding hydrogens is 591 g/mol. The first-order valence-corrected chi connectivity index (χ1v) is 16.8. The summed E-state index contributed by atoms with van der Waals surface area (Å²) in [4.78, 5) is 0. The zero-order valence-corrected chi connectivity index (χ0v) is 26.0. The zero-order chi connectivity index (χ0) is 30.6. The van der Waals surface area contributed by atoms with Gasteiger partial charge in [0.15, 0.2) is 0 Å². The van der Waals surface area contributed by atoms with Crippen LogP contribution in [0.3, 0.4) is 0 Å². The summed E-state index contributed by atoms with van der Waals surface area (Å²) in [5.41, 5.74) is 7.78. The molecule has 0 aliphatic heterocycles. The van der Waals surface area contributed by atoms with Gasteiger partial charge in [0, 0.05) is 52.8 Å². The van der Waals surface area contributed by atoms with Crippen LogP contribution in [0, 0.1) is 0 Å². The smallest absolute Gasteiger partial charge is 0.135 e. The van der Waals surface area contributed by atoms with Crippen molar-refractivity contribution >= 4 is 96.8 Å². The average Bonchev–Trinajstić information content (AvgIpc) is 3.80. The number of hydrogen-bond acceptors (Lipinski definition) is 2. The van der Waals surface area contributed by atoms with Crippen LogP contribution in [0.2, 0.25) is 0 Å². The van der Waals surface area contributed by atoms with Gasteiger partial charge in [0.1, 0.15) is 11.2 Å². The van der Waals surface area contributed by atoms with E-state index >= 15 is 0 Å². The van der Waals surface area contributed by atoms with Gasteiger partial charge in [-0.3, -0.25) is 0 Å². The predicted octanol–water partition coefficient (Wildman–Crippen LogP) is 13.0. The fourth-order valence-electron chi connectivity index (χ4n) is 7.87. The molecule has 0 aliphatic rings. The second kappa shape index (κ2) is 9.32. The third-order valence-corrected chi connectivity index (χ3v) is 11.2. The van der Waals surface area contributed by atoms with E-state index in [2.05, 4.69) is 144 Å². The molecule has 0 fully saturated rings. The van der Waals surface area contributed by atoms with Gasteiger partial charge < -0.3 is 8.98 Å². The van der Waals surface area contributed by atoms with Crippen molar-refractivity contribution in [2.45, 2.75) is 0 Å². The van der Waals surface area contributed by atoms with Gasteiger partial charge in [0.25, 0.3) is 0 Å². The zero-order valence-electron chi connectivity index (χ0n) is 25.2. The topological polar surface area (TPSA) is 18.1 Å². The molecule has 3 heteroatoms. The van der Waals surface area contributed by atoms with Crippen molar-refractivity contribution in [3.05, 3.63) is 152 Å². The Hall–Kier alpha value is -5.90. The fraction of sp³-hybridized carbons (Fsp3) is 0. The highest BCUT2D eigenvalue weighted by Crippen LogP contribution is 2.46. The standard InChI is InChI=1S/C44H25NOS/c1-2-15-32-29(12-1)34-25-39-35(24-37(34)44-43(32)33-16-5-8-19-42(33)47-44)30-13-3-6-17-38(30)45(39)28-11-9-10-26(22-28)27-20-21-41-36(23-27)31-14-4-7-18-40(31)46-41/h1-25H. The normalized spacial score (nSPS) is 12.3. The second-order valence-corrected chi connectivity index (χ2v) is 13.5. The molecule has 0 atom stereocenters. The van der Waals surface area contributed by atoms with Crippen molar-refractivity contribution in [3.8, 4) is 16.8 Å². The largest absolute Gasteiger partial charge is 0.456 e. The van der Waals surface area contributed by atoms with Crippen molar-refractivity contribution in [1.29, 1.82) is 0 Å². The van der Waals surface area contributed by atoms with Crippen molar-refractivity contribution < 1.29 is 4.42 Å². The summed E-state index contributed by atoms with van der Waals surface area (Å²) < 4.78 is 11.3. The maximum absolute atomic E-state index is 6.13. The molecule has 0 radical (unpaired) electrons. The molecule has 0 amide bonds. The summed E-state index contributed by atoms with van der Waals surface area (Å²) in [5, 5.41) is 12.8. The number of nitrogens with zero attached hydrogens (tertiary/aromatic N) is 1. The van der Waals surface area contributed by atoms with Gasteiger partial charge in [-0.25, -0.2) is 0 Å². The van der Waals surface area contributed by atoms with Gasteiger partial charge in [-0.1, -0.05) is 97.1 Å². The number of hydrogen-bond donors (Lipinski definition) is 0. The number of thiophene rings is 1. The maximum atomic E-state index is 6.13. The van der Waals surface area contributed by atoms with Gasteiger partial charge in [0.05, 0.1) is 11.0 Å². The van der Waals surface area contributed by atoms with Crippen LogP contribution in [-0.4, -0.2) is 4.57 Å². The van der Waals surface area contributed by atoms with E-state index in [-0.39, 0.29) is 0 Å². The lowest BCUT2D eigenvalue weighted by Gasteiger charge is -2.12. The SMILES string of the molecule is c1cc(-c2ccc3oc4ccccc4c3c2)cc(-n2c3ccccc3c3cc4c(cc32)c2ccccc2c2c3ccccc3sc42)c1. The Morgan fingerprint density at radius 3 is 2.04 bits per heavy atom. The number of furan rings is 1. The van der Waals surface area contributed by atoms with E-state index in [1.165, 1.54) is 74.6 Å². The molecule has 0 saturated carbocycles. The number of aromatic nitrogens is 1. The Labute approximate surface area is 273 Å². The van der Waals surface area contributed by atoms with Crippen molar-refractivity contribution in [1.82, 2.24) is 4.57 Å². The first kappa shape index (κ1) is 25.3. The lowest BCUT2D eigenvalue weighted by atomic mass is 9.96. The van der Waals surface area contributed by atoms with Crippen molar-refractivity contribution in [2.75, 3.05) is 0 Å². The molecule has 47 heavy (non-hydrogen) atoms. The van der Waals surface area contributed by atoms with Crippen LogP contribution in [0.15, 0.2) is 156 Å². The summed E-state index contributed by atoms with van der Waals surface area (Å²) in [6.07, 6.45) is 0. The number of fused-ring (bicyclic) bond motifs is 14. The van der Waals surface area contributed by atoms with E-state index in [4.69, 9.17) is 4.42 Å². The highest BCUT2D eigenvalue weighted by Gasteiger charge is 2.19. The van der Waals surface area contributed by atoms with Gasteiger partial charge in [-0.05, 0) is 81.9 Å². The van der Waals surface area contributed by atoms with E-state index in [1.807, 2.05) is 23.5 Å². The van der Waals surface area contributed by atoms with E-state index in [0.717, 1.165) is 27.6 Å². The molecule has 8 aromatic carbocycles. The Morgan fingerprint density at radius 2 is 1.13 bits per heavy atom. The molecular formula is C44H25NOS. The molecule has 3 aromatic heterocycles. The second-order valence-electron chi connectivity index (χ2n) is 12.5. The van der Waals surface area contributed by atoms with Crippen LogP contribution >= 0.6 is 11.3 Å². The van der Waals surface area contributed by atoms with E-state index in [9.17, 15) is 0 Å². The van der Waals surface area contributed by atoms with Crippen LogP contribution in [-0.2, 0) is 0 Å². The first-order chi connectivity index (χ1) is 23.3. The summed E-state index contributed by atoms with van der Waals surface area (Å²) in [5.74, 6) is 0. The number of rotatable bonds is 2. The monoisotopic (exact) mass is 615 g/mol. The average molecular weight is 616 g/mol. The van der Waals surface area contributed by atoms with E-state index in [0.29, 0.717) is 0 Å². The van der Waals surface area contributed by atoms with E-state index in [1.54, 1.807) is 0 Å². The molecule has 0 spiro atoms. The van der Waals surface area contributed by atoms with Crippen LogP contribution in [0.5, 0.6) is 0 Å². The molecule has 218 valence electrons. The van der Waals surface area contributed by atoms with Gasteiger partial charge in [0.2, 0.25) is 0 Å². The predicted molar refractivity (Wildman–Crippen MR) is 201 cm³/mol. The van der Waals surface area contributed by atoms with Gasteiger partial charge in [-0.15, -0.1) is 11.3 Å². The molecule has 0 N–H and O–H groups in total. The summed E-state index contributed by atoms with van der Waals surface area (Å²) >= 11 is 1.91. The van der Waals surface area contributed by atoms with Crippen molar-refractivity contribution in [3.63, 3.8) is 0 Å². The minimum absolute atomic E-state index is 0.917. The fourth-order valence-corrected chi connectivity index (χ4v) is 9.12. The lowest BCUT2D eigenvalue weighted by Crippen LogP contribution is -1.94. The van der Waals surface area contributed by atoms with Crippen LogP contribution < -0.4 is 0 Å². The third-order valence-electron chi connectivity index (χ3n) is 9.95. The third kappa shape index (κ3) is 3.49. The molecule has 0 bridgehead atoms. The first-order valence-electron chi connectivity index (χ1n) is 16.0. The van der Waals surface area contributed by atoms with Crippen LogP contribution in [0.25, 0.3) is 102 Å². The molecule has 3 heterocycles. The highest BCUT2D eigenvalue weighted by molar-refractivity contribution is 7.27. The van der Waals surface area contributed by atoms with Crippen LogP contribution in [0.1, 0.15) is 0 Å².